The highest BCUT2D eigenvalue weighted by atomic mass is 16.4. The Labute approximate surface area is 114 Å². The number of hydrogen-bond acceptors (Lipinski definition) is 2. The van der Waals surface area contributed by atoms with E-state index in [4.69, 9.17) is 5.11 Å². The van der Waals surface area contributed by atoms with E-state index < -0.39 is 5.97 Å². The Kier molecular flexibility index (Phi) is 4.74. The summed E-state index contributed by atoms with van der Waals surface area (Å²) in [6, 6.07) is 8.82. The van der Waals surface area contributed by atoms with Crippen molar-refractivity contribution in [3.8, 4) is 0 Å². The van der Waals surface area contributed by atoms with Crippen LogP contribution in [0.25, 0.3) is 6.08 Å². The van der Waals surface area contributed by atoms with Gasteiger partial charge >= 0.3 is 5.97 Å². The molecule has 102 valence electrons. The molecule has 1 atom stereocenters. The van der Waals surface area contributed by atoms with Crippen LogP contribution in [-0.2, 0) is 11.3 Å². The number of likely N-dealkylation sites (tertiary alicyclic amines) is 1. The van der Waals surface area contributed by atoms with E-state index >= 15 is 0 Å². The van der Waals surface area contributed by atoms with E-state index in [0.717, 1.165) is 12.1 Å². The summed E-state index contributed by atoms with van der Waals surface area (Å²) in [7, 11) is 0. The van der Waals surface area contributed by atoms with E-state index in [1.807, 2.05) is 12.1 Å². The van der Waals surface area contributed by atoms with Crippen molar-refractivity contribution in [3.63, 3.8) is 0 Å². The number of carboxylic acids is 1. The highest BCUT2D eigenvalue weighted by Crippen LogP contribution is 2.22. The summed E-state index contributed by atoms with van der Waals surface area (Å²) in [6.45, 7) is 4.38. The lowest BCUT2D eigenvalue weighted by Gasteiger charge is -2.23. The lowest BCUT2D eigenvalue weighted by atomic mass is 10.1. The summed E-state index contributed by atoms with van der Waals surface area (Å²) in [4.78, 5) is 13.1. The van der Waals surface area contributed by atoms with Crippen molar-refractivity contribution in [2.24, 2.45) is 0 Å². The molecule has 19 heavy (non-hydrogen) atoms. The fourth-order valence-electron chi connectivity index (χ4n) is 2.76. The van der Waals surface area contributed by atoms with Gasteiger partial charge in [0.2, 0.25) is 0 Å². The molecule has 1 fully saturated rings. The summed E-state index contributed by atoms with van der Waals surface area (Å²) in [5.41, 5.74) is 2.21. The first-order chi connectivity index (χ1) is 9.19. The zero-order valence-corrected chi connectivity index (χ0v) is 11.4. The van der Waals surface area contributed by atoms with E-state index in [2.05, 4.69) is 24.0 Å². The minimum atomic E-state index is -0.906. The van der Waals surface area contributed by atoms with Gasteiger partial charge in [-0.15, -0.1) is 0 Å². The van der Waals surface area contributed by atoms with Gasteiger partial charge in [0.05, 0.1) is 0 Å². The fourth-order valence-corrected chi connectivity index (χ4v) is 2.76. The number of carbonyl (C=O) groups is 1. The van der Waals surface area contributed by atoms with Crippen LogP contribution in [-0.4, -0.2) is 28.6 Å². The molecule has 1 aromatic carbocycles. The lowest BCUT2D eigenvalue weighted by Crippen LogP contribution is -2.28. The zero-order valence-electron chi connectivity index (χ0n) is 11.4. The summed E-state index contributed by atoms with van der Waals surface area (Å²) < 4.78 is 0. The van der Waals surface area contributed by atoms with Crippen molar-refractivity contribution in [1.82, 2.24) is 4.90 Å². The Morgan fingerprint density at radius 2 is 2.37 bits per heavy atom. The molecule has 0 aliphatic carbocycles. The minimum Gasteiger partial charge on any atom is -0.478 e. The first-order valence-electron chi connectivity index (χ1n) is 6.93. The number of benzene rings is 1. The van der Waals surface area contributed by atoms with E-state index in [-0.39, 0.29) is 0 Å². The SMILES string of the molecule is CCC1CCCN1Cc1cccc(C=CC(=O)O)c1. The van der Waals surface area contributed by atoms with Crippen molar-refractivity contribution in [1.29, 1.82) is 0 Å². The first-order valence-corrected chi connectivity index (χ1v) is 6.93. The van der Waals surface area contributed by atoms with Gasteiger partial charge in [0, 0.05) is 18.7 Å². The maximum atomic E-state index is 10.5. The monoisotopic (exact) mass is 259 g/mol. The van der Waals surface area contributed by atoms with Crippen molar-refractivity contribution >= 4 is 12.0 Å². The van der Waals surface area contributed by atoms with Gasteiger partial charge in [-0.25, -0.2) is 4.79 Å². The van der Waals surface area contributed by atoms with Crippen LogP contribution in [0.5, 0.6) is 0 Å². The Hall–Kier alpha value is -1.61. The standard InChI is InChI=1S/C16H21NO2/c1-2-15-7-4-10-17(15)12-14-6-3-5-13(11-14)8-9-16(18)19/h3,5-6,8-9,11,15H,2,4,7,10,12H2,1H3,(H,18,19). The molecule has 0 bridgehead atoms. The molecule has 2 rings (SSSR count). The molecule has 3 nitrogen and oxygen atoms in total. The normalized spacial score (nSPS) is 20.2. The summed E-state index contributed by atoms with van der Waals surface area (Å²) in [6.07, 6.45) is 6.63. The molecule has 0 radical (unpaired) electrons. The topological polar surface area (TPSA) is 40.5 Å². The molecular formula is C16H21NO2. The van der Waals surface area contributed by atoms with Gasteiger partial charge in [0.25, 0.3) is 0 Å². The van der Waals surface area contributed by atoms with Crippen LogP contribution in [0.4, 0.5) is 0 Å². The molecule has 1 aliphatic rings. The van der Waals surface area contributed by atoms with Crippen LogP contribution in [0.3, 0.4) is 0 Å². The molecule has 0 spiro atoms. The zero-order chi connectivity index (χ0) is 13.7. The third-order valence-corrected chi connectivity index (χ3v) is 3.73. The molecule has 3 heteroatoms. The minimum absolute atomic E-state index is 0.707. The predicted octanol–water partition coefficient (Wildman–Crippen LogP) is 3.16. The first kappa shape index (κ1) is 13.8. The molecule has 0 aromatic heterocycles. The van der Waals surface area contributed by atoms with Crippen LogP contribution < -0.4 is 0 Å². The third kappa shape index (κ3) is 3.93. The Bertz CT molecular complexity index is 468. The summed E-state index contributed by atoms with van der Waals surface area (Å²) >= 11 is 0. The third-order valence-electron chi connectivity index (χ3n) is 3.73. The number of nitrogens with zero attached hydrogens (tertiary/aromatic N) is 1. The molecule has 1 saturated heterocycles. The van der Waals surface area contributed by atoms with E-state index in [0.29, 0.717) is 6.04 Å². The molecule has 1 unspecified atom stereocenters. The highest BCUT2D eigenvalue weighted by Gasteiger charge is 2.22. The number of hydrogen-bond donors (Lipinski definition) is 1. The number of rotatable bonds is 5. The van der Waals surface area contributed by atoms with Gasteiger partial charge in [-0.1, -0.05) is 31.2 Å². The number of aliphatic carboxylic acids is 1. The summed E-state index contributed by atoms with van der Waals surface area (Å²) in [5, 5.41) is 8.65. The predicted molar refractivity (Wildman–Crippen MR) is 76.8 cm³/mol. The van der Waals surface area contributed by atoms with Crippen molar-refractivity contribution in [3.05, 3.63) is 41.5 Å². The van der Waals surface area contributed by atoms with E-state index in [9.17, 15) is 4.79 Å². The van der Waals surface area contributed by atoms with Crippen molar-refractivity contribution in [2.75, 3.05) is 6.54 Å². The molecule has 1 heterocycles. The second-order valence-electron chi connectivity index (χ2n) is 5.09. The van der Waals surface area contributed by atoms with Crippen molar-refractivity contribution in [2.45, 2.75) is 38.8 Å². The fraction of sp³-hybridized carbons (Fsp3) is 0.438. The maximum Gasteiger partial charge on any atom is 0.328 e. The van der Waals surface area contributed by atoms with E-state index in [1.165, 1.54) is 37.4 Å². The Morgan fingerprint density at radius 1 is 1.53 bits per heavy atom. The highest BCUT2D eigenvalue weighted by molar-refractivity contribution is 5.85. The van der Waals surface area contributed by atoms with Gasteiger partial charge in [-0.3, -0.25) is 4.90 Å². The van der Waals surface area contributed by atoms with Gasteiger partial charge in [-0.2, -0.15) is 0 Å². The molecule has 0 saturated carbocycles. The van der Waals surface area contributed by atoms with Crippen LogP contribution in [0.1, 0.15) is 37.3 Å². The van der Waals surface area contributed by atoms with Gasteiger partial charge in [0.15, 0.2) is 0 Å². The van der Waals surface area contributed by atoms with Crippen LogP contribution in [0.2, 0.25) is 0 Å². The van der Waals surface area contributed by atoms with Gasteiger partial charge in [0.1, 0.15) is 0 Å². The molecule has 1 aliphatic heterocycles. The lowest BCUT2D eigenvalue weighted by molar-refractivity contribution is -0.131. The smallest absolute Gasteiger partial charge is 0.328 e. The molecule has 1 N–H and O–H groups in total. The summed E-state index contributed by atoms with van der Waals surface area (Å²) in [5.74, 6) is -0.906. The van der Waals surface area contributed by atoms with Crippen LogP contribution in [0.15, 0.2) is 30.3 Å². The quantitative estimate of drug-likeness (QED) is 0.826. The average Bonchev–Trinajstić information content (AvgIpc) is 2.84. The largest absolute Gasteiger partial charge is 0.478 e. The Morgan fingerprint density at radius 3 is 3.11 bits per heavy atom. The Balaban J connectivity index is 2.04. The van der Waals surface area contributed by atoms with Crippen LogP contribution >= 0.6 is 0 Å². The van der Waals surface area contributed by atoms with Crippen LogP contribution in [0, 0.1) is 0 Å². The second kappa shape index (κ2) is 6.53. The number of carboxylic acid groups (broad SMARTS) is 1. The second-order valence-corrected chi connectivity index (χ2v) is 5.09. The average molecular weight is 259 g/mol. The van der Waals surface area contributed by atoms with Crippen molar-refractivity contribution < 1.29 is 9.90 Å². The van der Waals surface area contributed by atoms with Gasteiger partial charge < -0.3 is 5.11 Å². The molecule has 0 amide bonds. The van der Waals surface area contributed by atoms with E-state index in [1.54, 1.807) is 6.08 Å². The molecular weight excluding hydrogens is 238 g/mol. The maximum absolute atomic E-state index is 10.5. The molecule has 1 aromatic rings. The van der Waals surface area contributed by atoms with Gasteiger partial charge in [-0.05, 0) is 43.0 Å².